The van der Waals surface area contributed by atoms with Crippen molar-refractivity contribution >= 4 is 17.8 Å². The Kier molecular flexibility index (Phi) is 6.00. The Morgan fingerprint density at radius 3 is 2.67 bits per heavy atom. The number of carbonyl (C=O) groups is 3. The lowest BCUT2D eigenvalue weighted by atomic mass is 9.91. The maximum absolute atomic E-state index is 14.2. The molecule has 0 aliphatic carbocycles. The lowest BCUT2D eigenvalue weighted by molar-refractivity contribution is -0.134. The molecule has 2 aromatic carbocycles. The van der Waals surface area contributed by atoms with Crippen molar-refractivity contribution in [3.8, 4) is 5.75 Å². The van der Waals surface area contributed by atoms with E-state index in [0.29, 0.717) is 17.1 Å². The molecule has 1 aliphatic rings. The van der Waals surface area contributed by atoms with E-state index in [4.69, 9.17) is 4.74 Å². The van der Waals surface area contributed by atoms with Crippen molar-refractivity contribution in [2.45, 2.75) is 18.9 Å². The van der Waals surface area contributed by atoms with Gasteiger partial charge in [-0.15, -0.1) is 0 Å². The molecule has 0 bridgehead atoms. The molecule has 3 rings (SSSR count). The number of carbonyl (C=O) groups excluding carboxylic acids is 3. The minimum absolute atomic E-state index is 0.263. The largest absolute Gasteiger partial charge is 0.496 e. The third-order valence-electron chi connectivity index (χ3n) is 4.95. The fraction of sp³-hybridized carbons (Fsp3) is 0.286. The minimum atomic E-state index is -1.80. The molecule has 158 valence electrons. The first-order chi connectivity index (χ1) is 14.3. The van der Waals surface area contributed by atoms with Crippen LogP contribution < -0.4 is 15.4 Å². The zero-order chi connectivity index (χ0) is 21.9. The highest BCUT2D eigenvalue weighted by Crippen LogP contribution is 2.31. The zero-order valence-electron chi connectivity index (χ0n) is 16.5. The second kappa shape index (κ2) is 8.48. The predicted molar refractivity (Wildman–Crippen MR) is 104 cm³/mol. The Morgan fingerprint density at radius 1 is 1.20 bits per heavy atom. The molecule has 30 heavy (non-hydrogen) atoms. The SMILES string of the molecule is COc1ccccc1CCNC(=O)CN1C(=O)N[C@@](C)(c2cc(F)ccc2F)C1=O. The van der Waals surface area contributed by atoms with Crippen LogP contribution in [0.4, 0.5) is 13.6 Å². The first-order valence-electron chi connectivity index (χ1n) is 9.24. The average molecular weight is 417 g/mol. The van der Waals surface area contributed by atoms with E-state index < -0.39 is 41.6 Å². The Bertz CT molecular complexity index is 998. The summed E-state index contributed by atoms with van der Waals surface area (Å²) in [7, 11) is 1.55. The van der Waals surface area contributed by atoms with Crippen LogP contribution in [0.2, 0.25) is 0 Å². The Labute approximate surface area is 172 Å². The smallest absolute Gasteiger partial charge is 0.325 e. The van der Waals surface area contributed by atoms with Gasteiger partial charge in [-0.3, -0.25) is 14.5 Å². The maximum atomic E-state index is 14.2. The van der Waals surface area contributed by atoms with Crippen molar-refractivity contribution < 1.29 is 27.9 Å². The van der Waals surface area contributed by atoms with E-state index in [1.807, 2.05) is 18.2 Å². The van der Waals surface area contributed by atoms with Crippen LogP contribution in [0.5, 0.6) is 5.75 Å². The van der Waals surface area contributed by atoms with Gasteiger partial charge < -0.3 is 15.4 Å². The maximum Gasteiger partial charge on any atom is 0.325 e. The molecule has 4 amide bonds. The molecular weight excluding hydrogens is 396 g/mol. The number of imide groups is 1. The van der Waals surface area contributed by atoms with Gasteiger partial charge in [-0.05, 0) is 43.2 Å². The van der Waals surface area contributed by atoms with Gasteiger partial charge in [0.25, 0.3) is 5.91 Å². The highest BCUT2D eigenvalue weighted by atomic mass is 19.1. The minimum Gasteiger partial charge on any atom is -0.496 e. The number of nitrogens with one attached hydrogen (secondary N) is 2. The number of nitrogens with zero attached hydrogens (tertiary/aromatic N) is 1. The van der Waals surface area contributed by atoms with E-state index in [9.17, 15) is 23.2 Å². The summed E-state index contributed by atoms with van der Waals surface area (Å²) in [6.45, 7) is 0.992. The molecule has 1 fully saturated rings. The van der Waals surface area contributed by atoms with Crippen LogP contribution >= 0.6 is 0 Å². The van der Waals surface area contributed by atoms with Crippen LogP contribution in [0, 0.1) is 11.6 Å². The molecule has 0 spiro atoms. The normalized spacial score (nSPS) is 18.3. The summed E-state index contributed by atoms with van der Waals surface area (Å²) in [5, 5.41) is 4.99. The summed E-state index contributed by atoms with van der Waals surface area (Å²) < 4.78 is 33.0. The van der Waals surface area contributed by atoms with E-state index >= 15 is 0 Å². The Morgan fingerprint density at radius 2 is 1.93 bits per heavy atom. The average Bonchev–Trinajstić information content (AvgIpc) is 2.94. The highest BCUT2D eigenvalue weighted by molar-refractivity contribution is 6.09. The van der Waals surface area contributed by atoms with Gasteiger partial charge >= 0.3 is 6.03 Å². The van der Waals surface area contributed by atoms with Crippen molar-refractivity contribution in [1.82, 2.24) is 15.5 Å². The number of amides is 4. The summed E-state index contributed by atoms with van der Waals surface area (Å²) in [5.41, 5.74) is -1.22. The summed E-state index contributed by atoms with van der Waals surface area (Å²) in [5.74, 6) is -2.29. The number of hydrogen-bond acceptors (Lipinski definition) is 4. The first kappa shape index (κ1) is 21.2. The summed E-state index contributed by atoms with van der Waals surface area (Å²) in [6, 6.07) is 9.13. The topological polar surface area (TPSA) is 87.7 Å². The van der Waals surface area contributed by atoms with E-state index in [0.717, 1.165) is 23.8 Å². The number of rotatable bonds is 7. The quantitative estimate of drug-likeness (QED) is 0.676. The van der Waals surface area contributed by atoms with E-state index in [1.165, 1.54) is 6.92 Å². The van der Waals surface area contributed by atoms with Crippen LogP contribution in [-0.2, 0) is 21.5 Å². The highest BCUT2D eigenvalue weighted by Gasteiger charge is 2.50. The third-order valence-corrected chi connectivity index (χ3v) is 4.95. The standard InChI is InChI=1S/C21H21F2N3O4/c1-21(15-11-14(22)7-8-16(15)23)19(28)26(20(29)25-21)12-18(27)24-10-9-13-5-3-4-6-17(13)30-2/h3-8,11H,9-10,12H2,1-2H3,(H,24,27)(H,25,29)/t21-/m0/s1. The molecule has 1 aliphatic heterocycles. The molecule has 0 radical (unpaired) electrons. The van der Waals surface area contributed by atoms with Crippen molar-refractivity contribution in [2.24, 2.45) is 0 Å². The lowest BCUT2D eigenvalue weighted by Crippen LogP contribution is -2.44. The molecule has 0 aromatic heterocycles. The van der Waals surface area contributed by atoms with Crippen molar-refractivity contribution in [3.05, 3.63) is 65.2 Å². The molecule has 1 heterocycles. The fourth-order valence-corrected chi connectivity index (χ4v) is 3.35. The van der Waals surface area contributed by atoms with Gasteiger partial charge in [0.1, 0.15) is 29.5 Å². The summed E-state index contributed by atoms with van der Waals surface area (Å²) >= 11 is 0. The van der Waals surface area contributed by atoms with Crippen LogP contribution in [-0.4, -0.2) is 42.9 Å². The van der Waals surface area contributed by atoms with Crippen molar-refractivity contribution in [3.63, 3.8) is 0 Å². The third kappa shape index (κ3) is 4.10. The van der Waals surface area contributed by atoms with E-state index in [1.54, 1.807) is 13.2 Å². The number of hydrogen-bond donors (Lipinski definition) is 2. The number of halogens is 2. The number of ether oxygens (including phenoxy) is 1. The van der Waals surface area contributed by atoms with Gasteiger partial charge in [0, 0.05) is 12.1 Å². The van der Waals surface area contributed by atoms with Crippen molar-refractivity contribution in [1.29, 1.82) is 0 Å². The van der Waals surface area contributed by atoms with Gasteiger partial charge in [0.15, 0.2) is 0 Å². The van der Waals surface area contributed by atoms with Crippen molar-refractivity contribution in [2.75, 3.05) is 20.2 Å². The molecule has 7 nitrogen and oxygen atoms in total. The van der Waals surface area contributed by atoms with Crippen LogP contribution in [0.25, 0.3) is 0 Å². The zero-order valence-corrected chi connectivity index (χ0v) is 16.5. The lowest BCUT2D eigenvalue weighted by Gasteiger charge is -2.22. The number of urea groups is 1. The van der Waals surface area contributed by atoms with Gasteiger partial charge in [-0.2, -0.15) is 0 Å². The van der Waals surface area contributed by atoms with Gasteiger partial charge in [0.05, 0.1) is 7.11 Å². The first-order valence-corrected chi connectivity index (χ1v) is 9.24. The molecule has 2 N–H and O–H groups in total. The monoisotopic (exact) mass is 417 g/mol. The number of methoxy groups -OCH3 is 1. The molecule has 1 saturated heterocycles. The summed E-state index contributed by atoms with van der Waals surface area (Å²) in [6.07, 6.45) is 0.488. The Balaban J connectivity index is 1.64. The van der Waals surface area contributed by atoms with Gasteiger partial charge in [-0.1, -0.05) is 18.2 Å². The second-order valence-electron chi connectivity index (χ2n) is 6.98. The summed E-state index contributed by atoms with van der Waals surface area (Å²) in [4.78, 5) is 38.0. The predicted octanol–water partition coefficient (Wildman–Crippen LogP) is 2.10. The molecule has 9 heteroatoms. The van der Waals surface area contributed by atoms with Gasteiger partial charge in [-0.25, -0.2) is 13.6 Å². The van der Waals surface area contributed by atoms with E-state index in [-0.39, 0.29) is 12.1 Å². The molecular formula is C21H21F2N3O4. The van der Waals surface area contributed by atoms with Crippen LogP contribution in [0.15, 0.2) is 42.5 Å². The number of benzene rings is 2. The van der Waals surface area contributed by atoms with Crippen LogP contribution in [0.1, 0.15) is 18.1 Å². The molecule has 0 unspecified atom stereocenters. The second-order valence-corrected chi connectivity index (χ2v) is 6.98. The fourth-order valence-electron chi connectivity index (χ4n) is 3.35. The molecule has 2 aromatic rings. The molecule has 1 atom stereocenters. The molecule has 0 saturated carbocycles. The Hall–Kier alpha value is -3.49. The van der Waals surface area contributed by atoms with E-state index in [2.05, 4.69) is 10.6 Å². The van der Waals surface area contributed by atoms with Crippen LogP contribution in [0.3, 0.4) is 0 Å². The van der Waals surface area contributed by atoms with Gasteiger partial charge in [0.2, 0.25) is 5.91 Å². The number of para-hydroxylation sites is 1.